The van der Waals surface area contributed by atoms with Crippen molar-refractivity contribution < 1.29 is 33.3 Å². The first-order valence-corrected chi connectivity index (χ1v) is 9.25. The minimum Gasteiger partial charge on any atom is -1.00 e. The SMILES string of the molecule is C[n+]1cc(C(=O)N2CCCCC2)ccc1/C=C/c1c[nH]c2ccccc12.[I-]. The monoisotopic (exact) mass is 473 g/mol. The number of aryl methyl sites for hydroxylation is 1. The fourth-order valence-electron chi connectivity index (χ4n) is 3.61. The molecule has 1 saturated heterocycles. The molecule has 1 N–H and O–H groups in total. The second kappa shape index (κ2) is 8.69. The standard InChI is InChI=1S/C22H23N3O.HI/c1-24-16-18(22(26)25-13-5-2-6-14-25)10-12-19(24)11-9-17-15-23-21-8-4-3-7-20(17)21;/h3-4,7-12,15-16H,2,5-6,13-14H2,1H3;1H. The van der Waals surface area contributed by atoms with Gasteiger partial charge >= 0.3 is 0 Å². The van der Waals surface area contributed by atoms with E-state index in [0.717, 1.165) is 48.3 Å². The second-order valence-electron chi connectivity index (χ2n) is 6.93. The van der Waals surface area contributed by atoms with E-state index in [9.17, 15) is 4.79 Å². The molecule has 0 spiro atoms. The van der Waals surface area contributed by atoms with Crippen LogP contribution in [0.4, 0.5) is 0 Å². The summed E-state index contributed by atoms with van der Waals surface area (Å²) in [6.45, 7) is 1.76. The number of rotatable bonds is 3. The molecule has 0 radical (unpaired) electrons. The van der Waals surface area contributed by atoms with Crippen LogP contribution in [0.25, 0.3) is 23.1 Å². The molecule has 0 aliphatic carbocycles. The Morgan fingerprint density at radius 1 is 1.07 bits per heavy atom. The lowest BCUT2D eigenvalue weighted by Crippen LogP contribution is -3.00. The zero-order valence-corrected chi connectivity index (χ0v) is 17.6. The number of amides is 1. The first-order chi connectivity index (χ1) is 12.7. The maximum Gasteiger partial charge on any atom is 0.259 e. The van der Waals surface area contributed by atoms with E-state index in [1.54, 1.807) is 0 Å². The molecule has 1 amide bonds. The minimum atomic E-state index is 0. The van der Waals surface area contributed by atoms with Gasteiger partial charge in [-0.1, -0.05) is 18.2 Å². The fraction of sp³-hybridized carbons (Fsp3) is 0.273. The number of pyridine rings is 1. The molecular weight excluding hydrogens is 449 g/mol. The number of hydrogen-bond acceptors (Lipinski definition) is 1. The highest BCUT2D eigenvalue weighted by molar-refractivity contribution is 5.94. The van der Waals surface area contributed by atoms with Crippen LogP contribution in [0.3, 0.4) is 0 Å². The number of nitrogens with zero attached hydrogens (tertiary/aromatic N) is 2. The van der Waals surface area contributed by atoms with Crippen molar-refractivity contribution in [2.45, 2.75) is 19.3 Å². The Labute approximate surface area is 176 Å². The molecule has 1 aliphatic rings. The maximum absolute atomic E-state index is 12.6. The van der Waals surface area contributed by atoms with Gasteiger partial charge in [-0.3, -0.25) is 4.79 Å². The third kappa shape index (κ3) is 4.24. The highest BCUT2D eigenvalue weighted by atomic mass is 127. The number of H-pyrrole nitrogens is 1. The summed E-state index contributed by atoms with van der Waals surface area (Å²) in [5.74, 6) is 0.146. The Kier molecular flexibility index (Phi) is 6.31. The van der Waals surface area contributed by atoms with E-state index in [-0.39, 0.29) is 29.9 Å². The Morgan fingerprint density at radius 2 is 1.85 bits per heavy atom. The zero-order chi connectivity index (χ0) is 17.9. The van der Waals surface area contributed by atoms with Crippen molar-refractivity contribution in [2.24, 2.45) is 7.05 Å². The summed E-state index contributed by atoms with van der Waals surface area (Å²) in [6.07, 6.45) is 11.6. The molecular formula is C22H24IN3O. The highest BCUT2D eigenvalue weighted by Gasteiger charge is 2.20. The average molecular weight is 473 g/mol. The molecule has 0 saturated carbocycles. The third-order valence-electron chi connectivity index (χ3n) is 5.12. The molecule has 4 rings (SSSR count). The van der Waals surface area contributed by atoms with E-state index < -0.39 is 0 Å². The number of aromatic amines is 1. The quantitative estimate of drug-likeness (QED) is 0.444. The molecule has 0 unspecified atom stereocenters. The molecule has 3 heterocycles. The smallest absolute Gasteiger partial charge is 0.259 e. The van der Waals surface area contributed by atoms with Crippen molar-refractivity contribution in [2.75, 3.05) is 13.1 Å². The molecule has 1 aromatic carbocycles. The van der Waals surface area contributed by atoms with Gasteiger partial charge in [-0.25, -0.2) is 4.57 Å². The number of para-hydroxylation sites is 1. The maximum atomic E-state index is 12.6. The van der Waals surface area contributed by atoms with Gasteiger partial charge in [-0.05, 0) is 43.0 Å². The Bertz CT molecular complexity index is 971. The van der Waals surface area contributed by atoms with Gasteiger partial charge in [-0.15, -0.1) is 0 Å². The van der Waals surface area contributed by atoms with E-state index in [0.29, 0.717) is 0 Å². The van der Waals surface area contributed by atoms with Crippen LogP contribution in [0.2, 0.25) is 0 Å². The Morgan fingerprint density at radius 3 is 2.63 bits per heavy atom. The number of benzene rings is 1. The van der Waals surface area contributed by atoms with Gasteiger partial charge in [0.15, 0.2) is 6.20 Å². The van der Waals surface area contributed by atoms with E-state index in [2.05, 4.69) is 35.3 Å². The van der Waals surface area contributed by atoms with Crippen LogP contribution in [-0.2, 0) is 7.05 Å². The van der Waals surface area contributed by atoms with Gasteiger partial charge < -0.3 is 33.9 Å². The number of hydrogen-bond donors (Lipinski definition) is 1. The largest absolute Gasteiger partial charge is 1.00 e. The summed E-state index contributed by atoms with van der Waals surface area (Å²) >= 11 is 0. The van der Waals surface area contributed by atoms with E-state index in [1.807, 2.05) is 47.1 Å². The van der Waals surface area contributed by atoms with Crippen molar-refractivity contribution in [3.05, 3.63) is 65.6 Å². The normalized spacial score (nSPS) is 14.5. The van der Waals surface area contributed by atoms with Crippen molar-refractivity contribution in [1.82, 2.24) is 9.88 Å². The van der Waals surface area contributed by atoms with Crippen LogP contribution in [-0.4, -0.2) is 28.9 Å². The van der Waals surface area contributed by atoms with Crippen LogP contribution < -0.4 is 28.5 Å². The van der Waals surface area contributed by atoms with Gasteiger partial charge in [0, 0.05) is 42.3 Å². The van der Waals surface area contributed by atoms with Crippen LogP contribution in [0.1, 0.15) is 40.9 Å². The number of halogens is 1. The summed E-state index contributed by atoms with van der Waals surface area (Å²) in [5, 5.41) is 1.21. The zero-order valence-electron chi connectivity index (χ0n) is 15.5. The first-order valence-electron chi connectivity index (χ1n) is 9.25. The van der Waals surface area contributed by atoms with Gasteiger partial charge in [0.1, 0.15) is 12.6 Å². The van der Waals surface area contributed by atoms with E-state index in [4.69, 9.17) is 0 Å². The summed E-state index contributed by atoms with van der Waals surface area (Å²) < 4.78 is 2.02. The second-order valence-corrected chi connectivity index (χ2v) is 6.93. The molecule has 140 valence electrons. The van der Waals surface area contributed by atoms with Crippen LogP contribution >= 0.6 is 0 Å². The van der Waals surface area contributed by atoms with Crippen molar-refractivity contribution in [1.29, 1.82) is 0 Å². The molecule has 5 heteroatoms. The Balaban J connectivity index is 0.00000210. The number of nitrogens with one attached hydrogen (secondary N) is 1. The number of fused-ring (bicyclic) bond motifs is 1. The number of carbonyl (C=O) groups is 1. The van der Waals surface area contributed by atoms with E-state index in [1.165, 1.54) is 11.8 Å². The van der Waals surface area contributed by atoms with Crippen molar-refractivity contribution in [3.8, 4) is 0 Å². The van der Waals surface area contributed by atoms with Crippen molar-refractivity contribution in [3.63, 3.8) is 0 Å². The lowest BCUT2D eigenvalue weighted by Gasteiger charge is -2.26. The number of carbonyl (C=O) groups excluding carboxylic acids is 1. The molecule has 1 fully saturated rings. The predicted molar refractivity (Wildman–Crippen MR) is 105 cm³/mol. The molecule has 3 aromatic rings. The van der Waals surface area contributed by atoms with Crippen LogP contribution in [0.5, 0.6) is 0 Å². The fourth-order valence-corrected chi connectivity index (χ4v) is 3.61. The molecule has 2 aromatic heterocycles. The molecule has 0 atom stereocenters. The third-order valence-corrected chi connectivity index (χ3v) is 5.12. The summed E-state index contributed by atoms with van der Waals surface area (Å²) in [5.41, 5.74) is 4.12. The average Bonchev–Trinajstić information content (AvgIpc) is 3.10. The van der Waals surface area contributed by atoms with Crippen molar-refractivity contribution >= 4 is 29.0 Å². The lowest BCUT2D eigenvalue weighted by molar-refractivity contribution is -0.673. The number of piperidine rings is 1. The highest BCUT2D eigenvalue weighted by Crippen LogP contribution is 2.19. The summed E-state index contributed by atoms with van der Waals surface area (Å²) in [4.78, 5) is 17.9. The van der Waals surface area contributed by atoms with Gasteiger partial charge in [-0.2, -0.15) is 0 Å². The molecule has 1 aliphatic heterocycles. The van der Waals surface area contributed by atoms with Gasteiger partial charge in [0.25, 0.3) is 5.91 Å². The predicted octanol–water partition coefficient (Wildman–Crippen LogP) is 0.793. The van der Waals surface area contributed by atoms with Crippen LogP contribution in [0, 0.1) is 0 Å². The first kappa shape index (κ1) is 19.6. The number of aromatic nitrogens is 2. The number of likely N-dealkylation sites (tertiary alicyclic amines) is 1. The van der Waals surface area contributed by atoms with E-state index >= 15 is 0 Å². The summed E-state index contributed by atoms with van der Waals surface area (Å²) in [7, 11) is 1.99. The van der Waals surface area contributed by atoms with Gasteiger partial charge in [0.05, 0.1) is 0 Å². The molecule has 27 heavy (non-hydrogen) atoms. The molecule has 0 bridgehead atoms. The molecule has 4 nitrogen and oxygen atoms in total. The van der Waals surface area contributed by atoms with Gasteiger partial charge in [0.2, 0.25) is 5.69 Å². The minimum absolute atomic E-state index is 0. The lowest BCUT2D eigenvalue weighted by atomic mass is 10.1. The summed E-state index contributed by atoms with van der Waals surface area (Å²) in [6, 6.07) is 12.2. The Hall–Kier alpha value is -2.15. The topological polar surface area (TPSA) is 40.0 Å². The van der Waals surface area contributed by atoms with Crippen LogP contribution in [0.15, 0.2) is 48.8 Å².